The van der Waals surface area contributed by atoms with Crippen LogP contribution in [0.15, 0.2) is 23.4 Å². The maximum atomic E-state index is 12.7. The predicted octanol–water partition coefficient (Wildman–Crippen LogP) is 3.19. The van der Waals surface area contributed by atoms with Gasteiger partial charge in [-0.3, -0.25) is 0 Å². The number of carboxylic acids is 1. The van der Waals surface area contributed by atoms with E-state index in [9.17, 15) is 15.0 Å². The van der Waals surface area contributed by atoms with Crippen molar-refractivity contribution in [2.24, 2.45) is 22.7 Å². The standard InChI is InChI=1S/C23H29NO4/c1-20-11-17-15(7-9-24-17)21-8-3-4-13-5-6-14(20)10-16(23(13,20)21)18(19(25)26)22(21,27)12-28-2/h7,9,13-14,24,27H,3-6,8,10-12H2,1-2H3,(H,25,26)/t13-,14-,20+,21-,22+,23-/m1/s1. The van der Waals surface area contributed by atoms with Gasteiger partial charge in [0, 0.05) is 29.8 Å². The number of allylic oxidation sites excluding steroid dienone is 1. The second-order valence-electron chi connectivity index (χ2n) is 10.2. The number of aliphatic carboxylic acids is 1. The third-order valence-corrected chi connectivity index (χ3v) is 9.81. The maximum absolute atomic E-state index is 12.7. The van der Waals surface area contributed by atoms with E-state index >= 15 is 0 Å². The van der Waals surface area contributed by atoms with Crippen molar-refractivity contribution in [1.82, 2.24) is 4.98 Å². The maximum Gasteiger partial charge on any atom is 0.334 e. The number of fused-ring (bicyclic) bond motifs is 1. The van der Waals surface area contributed by atoms with E-state index in [2.05, 4.69) is 18.0 Å². The van der Waals surface area contributed by atoms with Gasteiger partial charge in [-0.2, -0.15) is 0 Å². The first-order chi connectivity index (χ1) is 13.4. The Morgan fingerprint density at radius 1 is 1.32 bits per heavy atom. The SMILES string of the molecule is COC[C@]1(O)C(C(=O)O)=C2C[C@H]3CC[C@H]4CCC[C@@]15c1cc[nH]c1C[C@]3(C)[C@]245. The van der Waals surface area contributed by atoms with Gasteiger partial charge in [-0.15, -0.1) is 0 Å². The molecule has 5 heteroatoms. The van der Waals surface area contributed by atoms with Crippen LogP contribution in [-0.4, -0.2) is 40.5 Å². The van der Waals surface area contributed by atoms with Crippen LogP contribution in [-0.2, 0) is 21.4 Å². The van der Waals surface area contributed by atoms with Gasteiger partial charge in [0.15, 0.2) is 0 Å². The number of aliphatic hydroxyl groups is 1. The summed E-state index contributed by atoms with van der Waals surface area (Å²) in [6.07, 6.45) is 9.10. The molecule has 5 aliphatic rings. The number of methoxy groups -OCH3 is 1. The molecule has 0 radical (unpaired) electrons. The van der Waals surface area contributed by atoms with E-state index in [-0.39, 0.29) is 23.0 Å². The second-order valence-corrected chi connectivity index (χ2v) is 10.2. The first kappa shape index (κ1) is 17.3. The lowest BCUT2D eigenvalue weighted by molar-refractivity contribution is -0.187. The largest absolute Gasteiger partial charge is 0.478 e. The van der Waals surface area contributed by atoms with Gasteiger partial charge in [0.2, 0.25) is 0 Å². The minimum Gasteiger partial charge on any atom is -0.478 e. The van der Waals surface area contributed by atoms with Crippen molar-refractivity contribution in [1.29, 1.82) is 0 Å². The molecule has 0 amide bonds. The quantitative estimate of drug-likeness (QED) is 0.749. The van der Waals surface area contributed by atoms with Crippen LogP contribution in [0.4, 0.5) is 0 Å². The molecule has 2 bridgehead atoms. The Morgan fingerprint density at radius 2 is 2.11 bits per heavy atom. The van der Waals surface area contributed by atoms with Gasteiger partial charge in [-0.25, -0.2) is 4.79 Å². The van der Waals surface area contributed by atoms with Crippen LogP contribution in [0.2, 0.25) is 0 Å². The number of rotatable bonds is 3. The number of carbonyl (C=O) groups is 1. The molecule has 5 aliphatic carbocycles. The van der Waals surface area contributed by atoms with Gasteiger partial charge < -0.3 is 19.9 Å². The second kappa shape index (κ2) is 4.93. The zero-order chi connectivity index (χ0) is 19.5. The summed E-state index contributed by atoms with van der Waals surface area (Å²) in [6, 6.07) is 2.12. The average molecular weight is 383 g/mol. The molecule has 1 aromatic heterocycles. The first-order valence-electron chi connectivity index (χ1n) is 10.7. The minimum atomic E-state index is -1.48. The Hall–Kier alpha value is -1.59. The van der Waals surface area contributed by atoms with E-state index in [0.717, 1.165) is 49.7 Å². The van der Waals surface area contributed by atoms with Gasteiger partial charge in [-0.05, 0) is 73.0 Å². The van der Waals surface area contributed by atoms with Crippen LogP contribution in [0.1, 0.15) is 56.7 Å². The normalized spacial score (nSPS) is 47.8. The lowest BCUT2D eigenvalue weighted by Gasteiger charge is -2.69. The van der Waals surface area contributed by atoms with Crippen LogP contribution in [0.25, 0.3) is 0 Å². The summed E-state index contributed by atoms with van der Waals surface area (Å²) >= 11 is 0. The Kier molecular flexibility index (Phi) is 3.04. The van der Waals surface area contributed by atoms with Crippen molar-refractivity contribution in [2.75, 3.05) is 13.7 Å². The minimum absolute atomic E-state index is 0.0115. The number of H-pyrrole nitrogens is 1. The Balaban J connectivity index is 1.81. The summed E-state index contributed by atoms with van der Waals surface area (Å²) in [4.78, 5) is 16.1. The van der Waals surface area contributed by atoms with E-state index in [1.54, 1.807) is 7.11 Å². The fraction of sp³-hybridized carbons (Fsp3) is 0.696. The highest BCUT2D eigenvalue weighted by Crippen LogP contribution is 2.85. The smallest absolute Gasteiger partial charge is 0.334 e. The topological polar surface area (TPSA) is 82.6 Å². The van der Waals surface area contributed by atoms with E-state index in [4.69, 9.17) is 4.74 Å². The van der Waals surface area contributed by atoms with Crippen molar-refractivity contribution >= 4 is 5.97 Å². The molecular formula is C23H29NO4. The fourth-order valence-electron chi connectivity index (χ4n) is 9.49. The zero-order valence-electron chi connectivity index (χ0n) is 16.7. The van der Waals surface area contributed by atoms with Gasteiger partial charge in [0.05, 0.1) is 12.2 Å². The van der Waals surface area contributed by atoms with Gasteiger partial charge in [-0.1, -0.05) is 13.3 Å². The van der Waals surface area contributed by atoms with Crippen LogP contribution in [0.3, 0.4) is 0 Å². The molecule has 0 aliphatic heterocycles. The summed E-state index contributed by atoms with van der Waals surface area (Å²) in [7, 11) is 1.58. The molecule has 28 heavy (non-hydrogen) atoms. The van der Waals surface area contributed by atoms with E-state index in [1.165, 1.54) is 12.1 Å². The highest BCUT2D eigenvalue weighted by molar-refractivity contribution is 5.93. The molecule has 6 rings (SSSR count). The average Bonchev–Trinajstić information content (AvgIpc) is 3.19. The molecule has 0 aromatic carbocycles. The van der Waals surface area contributed by atoms with E-state index < -0.39 is 17.0 Å². The van der Waals surface area contributed by atoms with Gasteiger partial charge in [0.1, 0.15) is 5.60 Å². The number of ether oxygens (including phenoxy) is 1. The number of hydrogen-bond acceptors (Lipinski definition) is 3. The van der Waals surface area contributed by atoms with Crippen molar-refractivity contribution in [2.45, 2.75) is 62.9 Å². The lowest BCUT2D eigenvalue weighted by Crippen LogP contribution is -2.71. The molecule has 0 saturated heterocycles. The van der Waals surface area contributed by atoms with Crippen molar-refractivity contribution < 1.29 is 19.7 Å². The van der Waals surface area contributed by atoms with Crippen molar-refractivity contribution in [3.63, 3.8) is 0 Å². The number of nitrogens with one attached hydrogen (secondary N) is 1. The number of carboxylic acid groups (broad SMARTS) is 1. The third kappa shape index (κ3) is 1.38. The molecule has 1 aromatic rings. The van der Waals surface area contributed by atoms with Crippen LogP contribution in [0.5, 0.6) is 0 Å². The zero-order valence-corrected chi connectivity index (χ0v) is 16.7. The van der Waals surface area contributed by atoms with E-state index in [1.807, 2.05) is 6.20 Å². The monoisotopic (exact) mass is 383 g/mol. The van der Waals surface area contributed by atoms with Crippen molar-refractivity contribution in [3.05, 3.63) is 34.7 Å². The fourth-order valence-corrected chi connectivity index (χ4v) is 9.49. The molecule has 3 N–H and O–H groups in total. The molecule has 0 unspecified atom stereocenters. The Bertz CT molecular complexity index is 933. The Morgan fingerprint density at radius 3 is 2.86 bits per heavy atom. The highest BCUT2D eigenvalue weighted by atomic mass is 16.5. The molecule has 3 saturated carbocycles. The third-order valence-electron chi connectivity index (χ3n) is 9.81. The molecule has 150 valence electrons. The summed E-state index contributed by atoms with van der Waals surface area (Å²) in [5.74, 6) is -0.0114. The molecule has 5 nitrogen and oxygen atoms in total. The van der Waals surface area contributed by atoms with Crippen LogP contribution < -0.4 is 0 Å². The van der Waals surface area contributed by atoms with Crippen LogP contribution >= 0.6 is 0 Å². The van der Waals surface area contributed by atoms with Crippen LogP contribution in [0, 0.1) is 22.7 Å². The predicted molar refractivity (Wildman–Crippen MR) is 103 cm³/mol. The summed E-state index contributed by atoms with van der Waals surface area (Å²) in [6.45, 7) is 2.44. The molecule has 1 spiro atoms. The summed E-state index contributed by atoms with van der Waals surface area (Å²) in [5.41, 5.74) is 1.35. The van der Waals surface area contributed by atoms with Gasteiger partial charge >= 0.3 is 5.97 Å². The summed E-state index contributed by atoms with van der Waals surface area (Å²) in [5, 5.41) is 22.7. The molecule has 6 atom stereocenters. The molecule has 3 fully saturated rings. The van der Waals surface area contributed by atoms with Gasteiger partial charge in [0.25, 0.3) is 0 Å². The molecular weight excluding hydrogens is 354 g/mol. The first-order valence-corrected chi connectivity index (χ1v) is 10.7. The lowest BCUT2D eigenvalue weighted by atomic mass is 9.34. The number of aromatic nitrogens is 1. The summed E-state index contributed by atoms with van der Waals surface area (Å²) < 4.78 is 5.55. The van der Waals surface area contributed by atoms with Crippen molar-refractivity contribution in [3.8, 4) is 0 Å². The number of hydrogen-bond donors (Lipinski definition) is 3. The Labute approximate surface area is 165 Å². The number of aromatic amines is 1. The highest BCUT2D eigenvalue weighted by Gasteiger charge is 2.84. The molecule has 1 heterocycles. The van der Waals surface area contributed by atoms with E-state index in [0.29, 0.717) is 11.8 Å².